The number of nitrogens with two attached hydrogens (primary N) is 1. The average Bonchev–Trinajstić information content (AvgIpc) is 3.34. The van der Waals surface area contributed by atoms with E-state index in [1.807, 2.05) is 0 Å². The number of carbonyl (C=O) groups is 1. The Morgan fingerprint density at radius 3 is 2.43 bits per heavy atom. The van der Waals surface area contributed by atoms with Gasteiger partial charge in [0, 0.05) is 12.0 Å². The number of pyridine rings is 1. The molecular formula is C25H20F6N6O4S. The Bertz CT molecular complexity index is 1690. The molecule has 1 amide bonds. The van der Waals surface area contributed by atoms with Gasteiger partial charge in [0.2, 0.25) is 0 Å². The highest BCUT2D eigenvalue weighted by Gasteiger charge is 2.33. The van der Waals surface area contributed by atoms with Crippen LogP contribution in [0.5, 0.6) is 5.75 Å². The first kappa shape index (κ1) is 30.2. The third kappa shape index (κ3) is 7.09. The molecule has 4 aromatic rings. The Labute approximate surface area is 234 Å². The SMILES string of the molecule is NC(=O)c1c(Nc2cccc(C(F)(F)F)n2)n[nH]c1-c1ccc(NS(=O)(=O)C(F)F)c(OCCc2ccc(F)cc2)c1. The van der Waals surface area contributed by atoms with Crippen molar-refractivity contribution in [2.75, 3.05) is 16.6 Å². The summed E-state index contributed by atoms with van der Waals surface area (Å²) in [6, 6.07) is 12.0. The van der Waals surface area contributed by atoms with Crippen LogP contribution in [0.2, 0.25) is 0 Å². The molecule has 17 heteroatoms. The third-order valence-electron chi connectivity index (χ3n) is 5.62. The fourth-order valence-electron chi connectivity index (χ4n) is 3.67. The molecule has 0 saturated carbocycles. The number of halogens is 6. The fourth-order valence-corrected chi connectivity index (χ4v) is 4.24. The predicted octanol–water partition coefficient (Wildman–Crippen LogP) is 5.06. The van der Waals surface area contributed by atoms with Crippen LogP contribution < -0.4 is 20.5 Å². The number of carbonyl (C=O) groups excluding carboxylic acids is 1. The van der Waals surface area contributed by atoms with E-state index in [0.29, 0.717) is 5.56 Å². The maximum Gasteiger partial charge on any atom is 0.433 e. The molecule has 5 N–H and O–H groups in total. The fraction of sp³-hybridized carbons (Fsp3) is 0.160. The second-order valence-electron chi connectivity index (χ2n) is 8.56. The number of anilines is 3. The molecule has 0 aliphatic carbocycles. The van der Waals surface area contributed by atoms with Gasteiger partial charge in [-0.1, -0.05) is 24.3 Å². The molecule has 2 heterocycles. The first-order valence-corrected chi connectivity index (χ1v) is 13.3. The predicted molar refractivity (Wildman–Crippen MR) is 139 cm³/mol. The number of nitrogens with one attached hydrogen (secondary N) is 3. The number of nitrogens with zero attached hydrogens (tertiary/aromatic N) is 2. The third-order valence-corrected chi connectivity index (χ3v) is 6.59. The van der Waals surface area contributed by atoms with Crippen LogP contribution in [-0.4, -0.2) is 41.9 Å². The summed E-state index contributed by atoms with van der Waals surface area (Å²) in [5, 5.41) is 8.92. The highest BCUT2D eigenvalue weighted by Crippen LogP contribution is 2.35. The van der Waals surface area contributed by atoms with E-state index < -0.39 is 39.4 Å². The van der Waals surface area contributed by atoms with Crippen molar-refractivity contribution < 1.29 is 44.3 Å². The van der Waals surface area contributed by atoms with Crippen molar-refractivity contribution in [2.24, 2.45) is 5.73 Å². The summed E-state index contributed by atoms with van der Waals surface area (Å²) >= 11 is 0. The van der Waals surface area contributed by atoms with E-state index in [1.165, 1.54) is 42.5 Å². The molecule has 0 saturated heterocycles. The van der Waals surface area contributed by atoms with Gasteiger partial charge in [-0.3, -0.25) is 14.6 Å². The number of rotatable bonds is 11. The first-order chi connectivity index (χ1) is 19.7. The molecule has 2 aromatic heterocycles. The number of ether oxygens (including phenoxy) is 1. The average molecular weight is 615 g/mol. The van der Waals surface area contributed by atoms with Gasteiger partial charge in [0.1, 0.15) is 28.6 Å². The number of hydrogen-bond donors (Lipinski definition) is 4. The van der Waals surface area contributed by atoms with Crippen LogP contribution in [-0.2, 0) is 22.6 Å². The summed E-state index contributed by atoms with van der Waals surface area (Å²) in [7, 11) is -5.10. The van der Waals surface area contributed by atoms with Gasteiger partial charge in [-0.25, -0.2) is 17.8 Å². The molecule has 10 nitrogen and oxygen atoms in total. The van der Waals surface area contributed by atoms with Crippen LogP contribution in [0.1, 0.15) is 21.6 Å². The van der Waals surface area contributed by atoms with Crippen molar-refractivity contribution in [1.29, 1.82) is 0 Å². The molecule has 4 rings (SSSR count). The summed E-state index contributed by atoms with van der Waals surface area (Å²) < 4.78 is 109. The number of amides is 1. The summed E-state index contributed by atoms with van der Waals surface area (Å²) in [6.07, 6.45) is -4.51. The molecule has 0 radical (unpaired) electrons. The molecule has 222 valence electrons. The Balaban J connectivity index is 1.68. The molecule has 0 aliphatic rings. The topological polar surface area (TPSA) is 152 Å². The smallest absolute Gasteiger partial charge is 0.433 e. The van der Waals surface area contributed by atoms with Crippen LogP contribution in [0, 0.1) is 5.82 Å². The standard InChI is InChI=1S/C25H20F6N6O4S/c26-15-7-4-13(5-8-15)10-11-41-17-12-14(6-9-16(17)37-42(39,40)24(27)28)21-20(22(32)38)23(36-35-21)34-19-3-1-2-18(33-19)25(29,30)31/h1-9,12,24,37H,10-11H2,(H2,32,38)(H2,33,34,35,36). The van der Waals surface area contributed by atoms with Crippen LogP contribution in [0.25, 0.3) is 11.3 Å². The normalized spacial score (nSPS) is 11.9. The van der Waals surface area contributed by atoms with Gasteiger partial charge in [-0.05, 0) is 42.0 Å². The zero-order valence-electron chi connectivity index (χ0n) is 21.0. The number of alkyl halides is 5. The minimum Gasteiger partial charge on any atom is -0.491 e. The largest absolute Gasteiger partial charge is 0.491 e. The number of sulfonamides is 1. The van der Waals surface area contributed by atoms with E-state index in [-0.39, 0.29) is 52.9 Å². The Morgan fingerprint density at radius 2 is 1.79 bits per heavy atom. The molecular weight excluding hydrogens is 594 g/mol. The van der Waals surface area contributed by atoms with Gasteiger partial charge in [-0.15, -0.1) is 0 Å². The Morgan fingerprint density at radius 1 is 1.07 bits per heavy atom. The Kier molecular flexibility index (Phi) is 8.60. The number of aromatic nitrogens is 3. The van der Waals surface area contributed by atoms with E-state index in [9.17, 15) is 39.6 Å². The number of primary amides is 1. The van der Waals surface area contributed by atoms with Gasteiger partial charge >= 0.3 is 11.9 Å². The summed E-state index contributed by atoms with van der Waals surface area (Å²) in [4.78, 5) is 15.8. The van der Waals surface area contributed by atoms with Crippen LogP contribution in [0.15, 0.2) is 60.7 Å². The quantitative estimate of drug-likeness (QED) is 0.172. The monoisotopic (exact) mass is 614 g/mol. The number of benzene rings is 2. The van der Waals surface area contributed by atoms with E-state index in [2.05, 4.69) is 20.5 Å². The summed E-state index contributed by atoms with van der Waals surface area (Å²) in [5.74, 6) is -6.06. The van der Waals surface area contributed by atoms with Crippen molar-refractivity contribution in [3.05, 3.63) is 83.3 Å². The lowest BCUT2D eigenvalue weighted by Gasteiger charge is -2.15. The molecule has 0 bridgehead atoms. The number of aromatic amines is 1. The van der Waals surface area contributed by atoms with Crippen molar-refractivity contribution in [3.63, 3.8) is 0 Å². The van der Waals surface area contributed by atoms with Gasteiger partial charge < -0.3 is 15.8 Å². The molecule has 2 aromatic carbocycles. The zero-order valence-corrected chi connectivity index (χ0v) is 21.9. The van der Waals surface area contributed by atoms with E-state index in [0.717, 1.165) is 18.2 Å². The summed E-state index contributed by atoms with van der Waals surface area (Å²) in [6.45, 7) is -0.0990. The van der Waals surface area contributed by atoms with Crippen LogP contribution >= 0.6 is 0 Å². The Hall–Kier alpha value is -4.80. The van der Waals surface area contributed by atoms with E-state index >= 15 is 0 Å². The maximum atomic E-state index is 13.2. The van der Waals surface area contributed by atoms with Gasteiger partial charge in [0.05, 0.1) is 18.0 Å². The molecule has 0 aliphatic heterocycles. The van der Waals surface area contributed by atoms with Gasteiger partial charge in [-0.2, -0.15) is 27.1 Å². The zero-order chi connectivity index (χ0) is 30.7. The second-order valence-corrected chi connectivity index (χ2v) is 10.2. The van der Waals surface area contributed by atoms with Crippen molar-refractivity contribution >= 4 is 33.3 Å². The van der Waals surface area contributed by atoms with Crippen molar-refractivity contribution in [2.45, 2.75) is 18.4 Å². The lowest BCUT2D eigenvalue weighted by molar-refractivity contribution is -0.141. The number of H-pyrrole nitrogens is 1. The molecule has 42 heavy (non-hydrogen) atoms. The maximum absolute atomic E-state index is 13.2. The minimum absolute atomic E-state index is 0.0522. The van der Waals surface area contributed by atoms with Gasteiger partial charge in [0.15, 0.2) is 5.82 Å². The van der Waals surface area contributed by atoms with Crippen molar-refractivity contribution in [3.8, 4) is 17.0 Å². The van der Waals surface area contributed by atoms with Gasteiger partial charge in [0.25, 0.3) is 15.9 Å². The second kappa shape index (κ2) is 12.0. The van der Waals surface area contributed by atoms with E-state index in [4.69, 9.17) is 10.5 Å². The lowest BCUT2D eigenvalue weighted by Crippen LogP contribution is -2.21. The highest BCUT2D eigenvalue weighted by molar-refractivity contribution is 7.93. The molecule has 0 fully saturated rings. The van der Waals surface area contributed by atoms with Crippen molar-refractivity contribution in [1.82, 2.24) is 15.2 Å². The molecule has 0 atom stereocenters. The minimum atomic E-state index is -5.10. The van der Waals surface area contributed by atoms with E-state index in [1.54, 1.807) is 4.72 Å². The lowest BCUT2D eigenvalue weighted by atomic mass is 10.1. The highest BCUT2D eigenvalue weighted by atomic mass is 32.2. The van der Waals surface area contributed by atoms with Crippen LogP contribution in [0.4, 0.5) is 43.7 Å². The first-order valence-electron chi connectivity index (χ1n) is 11.8. The molecule has 0 spiro atoms. The molecule has 0 unspecified atom stereocenters. The summed E-state index contributed by atoms with van der Waals surface area (Å²) in [5.41, 5.74) is 4.39. The van der Waals surface area contributed by atoms with Crippen LogP contribution in [0.3, 0.4) is 0 Å². The number of hydrogen-bond acceptors (Lipinski definition) is 7.